The first-order chi connectivity index (χ1) is 18.9. The second kappa shape index (κ2) is 10.1. The monoisotopic (exact) mass is 524 g/mol. The third-order valence-electron chi connectivity index (χ3n) is 7.30. The fourth-order valence-corrected chi connectivity index (χ4v) is 5.13. The maximum Gasteiger partial charge on any atom is 0.330 e. The van der Waals surface area contributed by atoms with E-state index in [4.69, 9.17) is 14.7 Å². The molecule has 6 rings (SSSR count). The Kier molecular flexibility index (Phi) is 6.48. The molecule has 5 aromatic rings. The van der Waals surface area contributed by atoms with E-state index < -0.39 is 0 Å². The maximum absolute atomic E-state index is 13.2. The van der Waals surface area contributed by atoms with Crippen molar-refractivity contribution in [1.29, 1.82) is 0 Å². The van der Waals surface area contributed by atoms with Crippen molar-refractivity contribution in [2.24, 2.45) is 14.1 Å². The van der Waals surface area contributed by atoms with Gasteiger partial charge in [-0.1, -0.05) is 62.4 Å². The minimum Gasteiger partial charge on any atom is -0.378 e. The van der Waals surface area contributed by atoms with Gasteiger partial charge in [0.15, 0.2) is 17.3 Å². The predicted octanol–water partition coefficient (Wildman–Crippen LogP) is 3.60. The van der Waals surface area contributed by atoms with Gasteiger partial charge in [0.1, 0.15) is 5.52 Å². The topological polar surface area (TPSA) is 95.9 Å². The lowest BCUT2D eigenvalue weighted by molar-refractivity contribution is 0.121. The zero-order chi connectivity index (χ0) is 27.1. The van der Waals surface area contributed by atoms with Crippen LogP contribution < -0.4 is 10.6 Å². The molecule has 2 aromatic carbocycles. The van der Waals surface area contributed by atoms with Gasteiger partial charge >= 0.3 is 5.69 Å². The Morgan fingerprint density at radius 2 is 1.69 bits per heavy atom. The van der Waals surface area contributed by atoms with Crippen LogP contribution in [-0.2, 0) is 25.4 Å². The summed E-state index contributed by atoms with van der Waals surface area (Å²) in [6.07, 6.45) is 1.74. The van der Waals surface area contributed by atoms with Crippen LogP contribution in [0.15, 0.2) is 59.5 Å². The Hall–Kier alpha value is -4.31. The van der Waals surface area contributed by atoms with Crippen molar-refractivity contribution in [3.63, 3.8) is 0 Å². The van der Waals surface area contributed by atoms with Gasteiger partial charge in [-0.25, -0.2) is 19.4 Å². The van der Waals surface area contributed by atoms with E-state index in [2.05, 4.69) is 34.9 Å². The van der Waals surface area contributed by atoms with Crippen LogP contribution in [0.25, 0.3) is 33.9 Å². The van der Waals surface area contributed by atoms with Crippen molar-refractivity contribution in [3.05, 3.63) is 76.3 Å². The van der Waals surface area contributed by atoms with Crippen LogP contribution in [-0.4, -0.2) is 60.2 Å². The third kappa shape index (κ3) is 4.61. The molecule has 0 saturated carbocycles. The second-order valence-corrected chi connectivity index (χ2v) is 10.2. The minimum absolute atomic E-state index is 0.126. The number of fused-ring (bicyclic) bond motifs is 1. The summed E-state index contributed by atoms with van der Waals surface area (Å²) >= 11 is 0. The van der Waals surface area contributed by atoms with E-state index in [9.17, 15) is 4.79 Å². The summed E-state index contributed by atoms with van der Waals surface area (Å²) in [6, 6.07) is 16.2. The lowest BCUT2D eigenvalue weighted by atomic mass is 9.97. The van der Waals surface area contributed by atoms with E-state index in [0.29, 0.717) is 48.5 Å². The Balaban J connectivity index is 1.31. The number of hydrogen-bond acceptors (Lipinski definition) is 7. The average Bonchev–Trinajstić information content (AvgIpc) is 3.46. The van der Waals surface area contributed by atoms with Gasteiger partial charge < -0.3 is 9.64 Å². The van der Waals surface area contributed by atoms with E-state index >= 15 is 0 Å². The molecule has 1 saturated heterocycles. The molecule has 4 heterocycles. The summed E-state index contributed by atoms with van der Waals surface area (Å²) < 4.78 is 10.6. The van der Waals surface area contributed by atoms with Crippen LogP contribution in [0.5, 0.6) is 0 Å². The van der Waals surface area contributed by atoms with E-state index in [1.807, 2.05) is 54.2 Å². The summed E-state index contributed by atoms with van der Waals surface area (Å²) in [4.78, 5) is 29.7. The Morgan fingerprint density at radius 3 is 2.44 bits per heavy atom. The molecule has 0 unspecified atom stereocenters. The van der Waals surface area contributed by atoms with Crippen LogP contribution in [0.3, 0.4) is 0 Å². The number of morpholine rings is 1. The SMILES string of the molecule is CC(C)c1ccccc1-c1ncc2c(n1)n(Cc1ccc(-c3nc(N4CCOCC4)n(C)n3)cc1)c(=O)n2C. The average molecular weight is 525 g/mol. The largest absolute Gasteiger partial charge is 0.378 e. The highest BCUT2D eigenvalue weighted by Gasteiger charge is 2.19. The number of benzene rings is 2. The number of hydrogen-bond donors (Lipinski definition) is 0. The fraction of sp³-hybridized carbons (Fsp3) is 0.345. The van der Waals surface area contributed by atoms with E-state index in [-0.39, 0.29) is 5.69 Å². The van der Waals surface area contributed by atoms with Crippen molar-refractivity contribution >= 4 is 17.1 Å². The van der Waals surface area contributed by atoms with Crippen molar-refractivity contribution < 1.29 is 4.74 Å². The molecule has 3 aromatic heterocycles. The molecule has 10 heteroatoms. The Bertz CT molecular complexity index is 1690. The summed E-state index contributed by atoms with van der Waals surface area (Å²) in [7, 11) is 3.67. The van der Waals surface area contributed by atoms with E-state index in [0.717, 1.165) is 35.7 Å². The molecule has 0 bridgehead atoms. The van der Waals surface area contributed by atoms with Crippen LogP contribution in [0.1, 0.15) is 30.9 Å². The van der Waals surface area contributed by atoms with Crippen molar-refractivity contribution in [2.75, 3.05) is 31.2 Å². The van der Waals surface area contributed by atoms with Gasteiger partial charge in [-0.2, -0.15) is 4.98 Å². The summed E-state index contributed by atoms with van der Waals surface area (Å²) in [5.74, 6) is 2.47. The highest BCUT2D eigenvalue weighted by Crippen LogP contribution is 2.28. The number of ether oxygens (including phenoxy) is 1. The van der Waals surface area contributed by atoms with E-state index in [1.54, 1.807) is 22.4 Å². The molecule has 10 nitrogen and oxygen atoms in total. The number of aryl methyl sites for hydroxylation is 2. The zero-order valence-corrected chi connectivity index (χ0v) is 22.7. The molecular weight excluding hydrogens is 492 g/mol. The first-order valence-corrected chi connectivity index (χ1v) is 13.3. The standard InChI is InChI=1S/C29H32N8O2/c1-19(2)22-7-5-6-8-23(22)26-30-17-24-27(31-26)37(29(38)34(24)3)18-20-9-11-21(12-10-20)25-32-28(35(4)33-25)36-13-15-39-16-14-36/h5-12,17,19H,13-16,18H2,1-4H3. The molecule has 1 aliphatic rings. The van der Waals surface area contributed by atoms with Gasteiger partial charge in [0.25, 0.3) is 0 Å². The van der Waals surface area contributed by atoms with Crippen LogP contribution >= 0.6 is 0 Å². The number of nitrogens with zero attached hydrogens (tertiary/aromatic N) is 8. The van der Waals surface area contributed by atoms with Gasteiger partial charge in [0.05, 0.1) is 26.0 Å². The molecule has 0 spiro atoms. The molecule has 0 aliphatic carbocycles. The summed E-state index contributed by atoms with van der Waals surface area (Å²) in [5.41, 5.74) is 5.28. The molecule has 0 N–H and O–H groups in total. The fourth-order valence-electron chi connectivity index (χ4n) is 5.13. The first-order valence-electron chi connectivity index (χ1n) is 13.3. The minimum atomic E-state index is -0.126. The predicted molar refractivity (Wildman–Crippen MR) is 151 cm³/mol. The molecule has 200 valence electrons. The molecule has 1 aliphatic heterocycles. The molecular formula is C29H32N8O2. The lowest BCUT2D eigenvalue weighted by Crippen LogP contribution is -2.37. The molecule has 0 amide bonds. The van der Waals surface area contributed by atoms with E-state index in [1.165, 1.54) is 5.56 Å². The van der Waals surface area contributed by atoms with Gasteiger partial charge in [-0.05, 0) is 17.0 Å². The lowest BCUT2D eigenvalue weighted by Gasteiger charge is -2.26. The van der Waals surface area contributed by atoms with Gasteiger partial charge in [0, 0.05) is 38.3 Å². The van der Waals surface area contributed by atoms with Gasteiger partial charge in [-0.3, -0.25) is 9.13 Å². The van der Waals surface area contributed by atoms with Crippen molar-refractivity contribution in [2.45, 2.75) is 26.3 Å². The Labute approximate surface area is 226 Å². The van der Waals surface area contributed by atoms with Crippen LogP contribution in [0.2, 0.25) is 0 Å². The molecule has 0 radical (unpaired) electrons. The van der Waals surface area contributed by atoms with Gasteiger partial charge in [0.2, 0.25) is 5.95 Å². The number of rotatable bonds is 6. The number of aromatic nitrogens is 7. The molecule has 1 fully saturated rings. The second-order valence-electron chi connectivity index (χ2n) is 10.2. The van der Waals surface area contributed by atoms with Gasteiger partial charge in [-0.15, -0.1) is 5.10 Å². The highest BCUT2D eigenvalue weighted by molar-refractivity contribution is 5.74. The summed E-state index contributed by atoms with van der Waals surface area (Å²) in [6.45, 7) is 7.71. The van der Waals surface area contributed by atoms with Crippen LogP contribution in [0, 0.1) is 0 Å². The maximum atomic E-state index is 13.2. The van der Waals surface area contributed by atoms with Crippen LogP contribution in [0.4, 0.5) is 5.95 Å². The number of anilines is 1. The zero-order valence-electron chi connectivity index (χ0n) is 22.7. The number of imidazole rings is 1. The Morgan fingerprint density at radius 1 is 0.949 bits per heavy atom. The van der Waals surface area contributed by atoms with Crippen molar-refractivity contribution in [1.82, 2.24) is 33.9 Å². The third-order valence-corrected chi connectivity index (χ3v) is 7.30. The van der Waals surface area contributed by atoms with Crippen molar-refractivity contribution in [3.8, 4) is 22.8 Å². The highest BCUT2D eigenvalue weighted by atomic mass is 16.5. The normalized spacial score (nSPS) is 14.0. The first kappa shape index (κ1) is 25.0. The smallest absolute Gasteiger partial charge is 0.330 e. The quantitative estimate of drug-likeness (QED) is 0.335. The summed E-state index contributed by atoms with van der Waals surface area (Å²) in [5, 5.41) is 4.63. The molecule has 39 heavy (non-hydrogen) atoms. The molecule has 0 atom stereocenters.